The number of benzene rings is 1. The number of carbonyl (C=O) groups excluding carboxylic acids is 1. The van der Waals surface area contributed by atoms with Crippen molar-refractivity contribution in [2.45, 2.75) is 57.1 Å². The van der Waals surface area contributed by atoms with Crippen LogP contribution in [0.1, 0.15) is 39.2 Å². The van der Waals surface area contributed by atoms with Gasteiger partial charge < -0.3 is 9.64 Å². The van der Waals surface area contributed by atoms with Gasteiger partial charge in [0.05, 0.1) is 4.90 Å². The van der Waals surface area contributed by atoms with Gasteiger partial charge >= 0.3 is 6.09 Å². The van der Waals surface area contributed by atoms with Crippen molar-refractivity contribution in [2.24, 2.45) is 11.0 Å². The zero-order valence-corrected chi connectivity index (χ0v) is 16.7. The Morgan fingerprint density at radius 3 is 2.38 bits per heavy atom. The molecule has 144 valence electrons. The van der Waals surface area contributed by atoms with E-state index >= 15 is 0 Å². The number of hydrogen-bond donors (Lipinski definition) is 1. The van der Waals surface area contributed by atoms with E-state index in [4.69, 9.17) is 4.74 Å². The minimum atomic E-state index is -3.66. The van der Waals surface area contributed by atoms with Gasteiger partial charge in [-0.25, -0.2) is 9.63 Å². The van der Waals surface area contributed by atoms with Crippen molar-refractivity contribution in [3.63, 3.8) is 0 Å². The first-order chi connectivity index (χ1) is 12.0. The second-order valence-electron chi connectivity index (χ2n) is 7.65. The summed E-state index contributed by atoms with van der Waals surface area (Å²) in [5.74, 6) is 0.0912. The molecule has 8 heteroatoms. The van der Waals surface area contributed by atoms with Crippen molar-refractivity contribution in [1.82, 2.24) is 9.73 Å². The smallest absolute Gasteiger partial charge is 0.410 e. The van der Waals surface area contributed by atoms with Gasteiger partial charge in [-0.2, -0.15) is 13.5 Å². The van der Waals surface area contributed by atoms with Gasteiger partial charge in [0.2, 0.25) is 0 Å². The van der Waals surface area contributed by atoms with Crippen molar-refractivity contribution < 1.29 is 17.9 Å². The highest BCUT2D eigenvalue weighted by atomic mass is 32.2. The first-order valence-electron chi connectivity index (χ1n) is 8.55. The molecule has 0 radical (unpaired) electrons. The van der Waals surface area contributed by atoms with Crippen LogP contribution in [-0.4, -0.2) is 44.3 Å². The number of ether oxygens (including phenoxy) is 1. The fraction of sp³-hybridized carbons (Fsp3) is 0.556. The van der Waals surface area contributed by atoms with Crippen LogP contribution in [0.5, 0.6) is 0 Å². The predicted molar refractivity (Wildman–Crippen MR) is 101 cm³/mol. The maximum Gasteiger partial charge on any atom is 0.410 e. The average molecular weight is 381 g/mol. The van der Waals surface area contributed by atoms with E-state index in [0.29, 0.717) is 12.8 Å². The molecule has 0 aromatic heterocycles. The zero-order valence-electron chi connectivity index (χ0n) is 15.9. The highest BCUT2D eigenvalue weighted by molar-refractivity contribution is 7.89. The number of sulfonamides is 1. The molecule has 2 rings (SSSR count). The lowest BCUT2D eigenvalue weighted by molar-refractivity contribution is 0.00552. The molecule has 0 aliphatic heterocycles. The minimum absolute atomic E-state index is 0.0912. The summed E-state index contributed by atoms with van der Waals surface area (Å²) < 4.78 is 29.6. The van der Waals surface area contributed by atoms with Crippen LogP contribution in [0.25, 0.3) is 0 Å². The molecule has 0 saturated heterocycles. The van der Waals surface area contributed by atoms with Crippen LogP contribution in [-0.2, 0) is 14.8 Å². The molecular formula is C18H27N3O4S. The van der Waals surface area contributed by atoms with Crippen LogP contribution in [0.3, 0.4) is 0 Å². The van der Waals surface area contributed by atoms with Gasteiger partial charge in [0.25, 0.3) is 10.0 Å². The zero-order chi connectivity index (χ0) is 19.5. The molecule has 7 nitrogen and oxygen atoms in total. The van der Waals surface area contributed by atoms with E-state index in [1.165, 1.54) is 12.1 Å². The molecule has 0 atom stereocenters. The molecule has 1 aromatic rings. The van der Waals surface area contributed by atoms with Crippen LogP contribution in [0.2, 0.25) is 0 Å². The fourth-order valence-corrected chi connectivity index (χ4v) is 3.09. The predicted octanol–water partition coefficient (Wildman–Crippen LogP) is 2.90. The van der Waals surface area contributed by atoms with Crippen LogP contribution in [0.4, 0.5) is 4.79 Å². The summed E-state index contributed by atoms with van der Waals surface area (Å²) in [6.07, 6.45) is 2.33. The molecule has 1 fully saturated rings. The number of aryl methyl sites for hydroxylation is 1. The third-order valence-corrected chi connectivity index (χ3v) is 5.71. The van der Waals surface area contributed by atoms with Gasteiger partial charge in [-0.05, 0) is 52.7 Å². The van der Waals surface area contributed by atoms with Gasteiger partial charge in [-0.1, -0.05) is 17.7 Å². The van der Waals surface area contributed by atoms with Gasteiger partial charge in [-0.15, -0.1) is 0 Å². The Hall–Kier alpha value is -2.09. The van der Waals surface area contributed by atoms with Crippen LogP contribution in [0, 0.1) is 12.8 Å². The van der Waals surface area contributed by atoms with E-state index < -0.39 is 10.0 Å². The molecule has 1 saturated carbocycles. The number of hydrazone groups is 1. The molecule has 1 aliphatic rings. The summed E-state index contributed by atoms with van der Waals surface area (Å²) in [5.41, 5.74) is 0.690. The van der Waals surface area contributed by atoms with Crippen molar-refractivity contribution >= 4 is 22.3 Å². The maximum absolute atomic E-state index is 12.1. The normalized spacial score (nSPS) is 20.5. The molecule has 0 heterocycles. The standard InChI is InChI=1S/C18H27N3O4S/c1-13-6-8-16(9-7-13)26(23,24)20-19-12-14-10-15(11-14)25-17(22)21(5)18(2,3)4/h6-9,12,14-15,20H,10-11H2,1-5H3/b19-12+. The second kappa shape index (κ2) is 7.65. The molecule has 0 unspecified atom stereocenters. The largest absolute Gasteiger partial charge is 0.446 e. The molecule has 0 bridgehead atoms. The molecule has 1 aliphatic carbocycles. The summed E-state index contributed by atoms with van der Waals surface area (Å²) in [6.45, 7) is 7.70. The quantitative estimate of drug-likeness (QED) is 0.627. The summed E-state index contributed by atoms with van der Waals surface area (Å²) in [5, 5.41) is 3.84. The highest BCUT2D eigenvalue weighted by Gasteiger charge is 2.33. The first-order valence-corrected chi connectivity index (χ1v) is 10.0. The van der Waals surface area contributed by atoms with Crippen molar-refractivity contribution in [2.75, 3.05) is 7.05 Å². The topological polar surface area (TPSA) is 88.1 Å². The first kappa shape index (κ1) is 20.2. The number of amides is 1. The molecule has 1 amide bonds. The number of nitrogens with zero attached hydrogens (tertiary/aromatic N) is 2. The van der Waals surface area contributed by atoms with Gasteiger partial charge in [0, 0.05) is 24.7 Å². The minimum Gasteiger partial charge on any atom is -0.446 e. The number of hydrogen-bond acceptors (Lipinski definition) is 5. The summed E-state index contributed by atoms with van der Waals surface area (Å²) in [6, 6.07) is 6.55. The third kappa shape index (κ3) is 5.20. The van der Waals surface area contributed by atoms with Crippen LogP contribution < -0.4 is 4.83 Å². The van der Waals surface area contributed by atoms with Gasteiger partial charge in [0.15, 0.2) is 0 Å². The van der Waals surface area contributed by atoms with Crippen molar-refractivity contribution in [3.05, 3.63) is 29.8 Å². The maximum atomic E-state index is 12.1. The fourth-order valence-electron chi connectivity index (χ4n) is 2.30. The van der Waals surface area contributed by atoms with Crippen LogP contribution in [0.15, 0.2) is 34.3 Å². The Labute approximate surface area is 155 Å². The molecular weight excluding hydrogens is 354 g/mol. The van der Waals surface area contributed by atoms with Gasteiger partial charge in [-0.3, -0.25) is 0 Å². The summed E-state index contributed by atoms with van der Waals surface area (Å²) >= 11 is 0. The van der Waals surface area contributed by atoms with Gasteiger partial charge in [0.1, 0.15) is 6.10 Å². The monoisotopic (exact) mass is 381 g/mol. The van der Waals surface area contributed by atoms with E-state index in [9.17, 15) is 13.2 Å². The molecule has 0 spiro atoms. The lowest BCUT2D eigenvalue weighted by Crippen LogP contribution is -2.46. The Bertz CT molecular complexity index is 761. The average Bonchev–Trinajstić information content (AvgIpc) is 2.50. The van der Waals surface area contributed by atoms with E-state index in [1.807, 2.05) is 27.7 Å². The summed E-state index contributed by atoms with van der Waals surface area (Å²) in [7, 11) is -1.95. The highest BCUT2D eigenvalue weighted by Crippen LogP contribution is 2.29. The van der Waals surface area contributed by atoms with Crippen LogP contribution >= 0.6 is 0 Å². The number of rotatable bonds is 5. The Morgan fingerprint density at radius 2 is 1.85 bits per heavy atom. The van der Waals surface area contributed by atoms with E-state index in [-0.39, 0.29) is 28.5 Å². The lowest BCUT2D eigenvalue weighted by atomic mass is 9.83. The van der Waals surface area contributed by atoms with Crippen molar-refractivity contribution in [1.29, 1.82) is 0 Å². The lowest BCUT2D eigenvalue weighted by Gasteiger charge is -2.36. The van der Waals surface area contributed by atoms with E-state index in [0.717, 1.165) is 5.56 Å². The van der Waals surface area contributed by atoms with E-state index in [2.05, 4.69) is 9.93 Å². The Morgan fingerprint density at radius 1 is 1.27 bits per heavy atom. The molecule has 1 aromatic carbocycles. The van der Waals surface area contributed by atoms with Crippen molar-refractivity contribution in [3.8, 4) is 0 Å². The Balaban J connectivity index is 1.78. The molecule has 1 N–H and O–H groups in total. The molecule has 26 heavy (non-hydrogen) atoms. The SMILES string of the molecule is Cc1ccc(S(=O)(=O)N/N=C/C2CC(OC(=O)N(C)C(C)(C)C)C2)cc1. The third-order valence-electron chi connectivity index (χ3n) is 4.47. The Kier molecular flexibility index (Phi) is 5.95. The number of nitrogens with one attached hydrogen (secondary N) is 1. The van der Waals surface area contributed by atoms with E-state index in [1.54, 1.807) is 30.3 Å². The second-order valence-corrected chi connectivity index (χ2v) is 9.31. The summed E-state index contributed by atoms with van der Waals surface area (Å²) in [4.78, 5) is 15.9. The number of carbonyl (C=O) groups is 1.